The Morgan fingerprint density at radius 1 is 1.07 bits per heavy atom. The molecule has 1 heterocycles. The van der Waals surface area contributed by atoms with Crippen LogP contribution in [0.15, 0.2) is 48.5 Å². The average molecular weight is 397 g/mol. The highest BCUT2D eigenvalue weighted by Gasteiger charge is 2.15. The molecule has 1 aliphatic rings. The number of hydrogen-bond acceptors (Lipinski definition) is 5. The summed E-state index contributed by atoms with van der Waals surface area (Å²) in [6, 6.07) is 13.9. The Hall–Kier alpha value is -2.90. The Morgan fingerprint density at radius 2 is 1.86 bits per heavy atom. The van der Waals surface area contributed by atoms with E-state index in [1.165, 1.54) is 0 Å². The lowest BCUT2D eigenvalue weighted by Crippen LogP contribution is -2.38. The van der Waals surface area contributed by atoms with Gasteiger partial charge in [0.1, 0.15) is 5.75 Å². The molecule has 2 amide bonds. The van der Waals surface area contributed by atoms with Gasteiger partial charge in [-0.2, -0.15) is 0 Å². The Morgan fingerprint density at radius 3 is 2.66 bits per heavy atom. The van der Waals surface area contributed by atoms with Crippen LogP contribution in [0.2, 0.25) is 0 Å². The van der Waals surface area contributed by atoms with Crippen LogP contribution in [0.3, 0.4) is 0 Å². The van der Waals surface area contributed by atoms with Crippen LogP contribution in [0.4, 0.5) is 5.69 Å². The molecule has 0 unspecified atom stereocenters. The number of anilines is 1. The van der Waals surface area contributed by atoms with E-state index in [0.29, 0.717) is 29.1 Å². The molecule has 0 saturated carbocycles. The minimum Gasteiger partial charge on any atom is -0.497 e. The molecule has 2 aromatic rings. The van der Waals surface area contributed by atoms with Crippen LogP contribution in [0.25, 0.3) is 0 Å². The Labute approximate surface area is 171 Å². The molecule has 29 heavy (non-hydrogen) atoms. The van der Waals surface area contributed by atoms with E-state index in [1.54, 1.807) is 55.6 Å². The molecule has 3 rings (SSSR count). The zero-order chi connectivity index (χ0) is 20.5. The third kappa shape index (κ3) is 6.04. The molecule has 0 aromatic heterocycles. The summed E-state index contributed by atoms with van der Waals surface area (Å²) in [5.41, 5.74) is 1.38. The summed E-state index contributed by atoms with van der Waals surface area (Å²) in [7, 11) is 1.55. The summed E-state index contributed by atoms with van der Waals surface area (Å²) in [6.45, 7) is 4.92. The largest absolute Gasteiger partial charge is 0.497 e. The van der Waals surface area contributed by atoms with Crippen molar-refractivity contribution in [3.63, 3.8) is 0 Å². The van der Waals surface area contributed by atoms with Crippen molar-refractivity contribution in [1.82, 2.24) is 10.2 Å². The van der Waals surface area contributed by atoms with E-state index in [2.05, 4.69) is 15.5 Å². The van der Waals surface area contributed by atoms with E-state index in [0.717, 1.165) is 39.3 Å². The lowest BCUT2D eigenvalue weighted by molar-refractivity contribution is 0.0374. The van der Waals surface area contributed by atoms with Gasteiger partial charge in [0, 0.05) is 25.2 Å². The lowest BCUT2D eigenvalue weighted by Gasteiger charge is -2.26. The molecule has 2 aromatic carbocycles. The van der Waals surface area contributed by atoms with Crippen LogP contribution in [0, 0.1) is 0 Å². The van der Waals surface area contributed by atoms with Gasteiger partial charge in [-0.3, -0.25) is 14.5 Å². The fraction of sp³-hybridized carbons (Fsp3) is 0.364. The molecule has 0 atom stereocenters. The summed E-state index contributed by atoms with van der Waals surface area (Å²) in [5.74, 6) is 0.105. The SMILES string of the molecule is COc1cccc(C(=O)Nc2ccccc2C(=O)NCCCN2CCOCC2)c1. The van der Waals surface area contributed by atoms with Gasteiger partial charge < -0.3 is 20.1 Å². The molecule has 2 N–H and O–H groups in total. The zero-order valence-corrected chi connectivity index (χ0v) is 16.6. The molecule has 0 radical (unpaired) electrons. The fourth-order valence-corrected chi connectivity index (χ4v) is 3.17. The average Bonchev–Trinajstić information content (AvgIpc) is 2.77. The molecule has 1 saturated heterocycles. The summed E-state index contributed by atoms with van der Waals surface area (Å²) in [4.78, 5) is 27.5. The molecule has 0 spiro atoms. The van der Waals surface area contributed by atoms with Crippen LogP contribution in [-0.2, 0) is 4.74 Å². The molecule has 0 aliphatic carbocycles. The zero-order valence-electron chi connectivity index (χ0n) is 16.6. The monoisotopic (exact) mass is 397 g/mol. The van der Waals surface area contributed by atoms with Crippen molar-refractivity contribution in [1.29, 1.82) is 0 Å². The van der Waals surface area contributed by atoms with Crippen molar-refractivity contribution in [2.75, 3.05) is 51.8 Å². The van der Waals surface area contributed by atoms with Crippen molar-refractivity contribution >= 4 is 17.5 Å². The maximum atomic E-state index is 12.6. The first kappa shape index (κ1) is 20.8. The van der Waals surface area contributed by atoms with Gasteiger partial charge in [-0.25, -0.2) is 0 Å². The van der Waals surface area contributed by atoms with Crippen LogP contribution >= 0.6 is 0 Å². The van der Waals surface area contributed by atoms with E-state index in [9.17, 15) is 9.59 Å². The minimum atomic E-state index is -0.295. The van der Waals surface area contributed by atoms with Gasteiger partial charge in [-0.1, -0.05) is 18.2 Å². The number of hydrogen-bond donors (Lipinski definition) is 2. The molecule has 7 nitrogen and oxygen atoms in total. The molecule has 7 heteroatoms. The number of nitrogens with zero attached hydrogens (tertiary/aromatic N) is 1. The predicted molar refractivity (Wildman–Crippen MR) is 112 cm³/mol. The van der Waals surface area contributed by atoms with E-state index in [1.807, 2.05) is 0 Å². The summed E-state index contributed by atoms with van der Waals surface area (Å²) in [5, 5.41) is 5.77. The van der Waals surface area contributed by atoms with Crippen LogP contribution in [0.5, 0.6) is 5.75 Å². The summed E-state index contributed by atoms with van der Waals surface area (Å²) < 4.78 is 10.5. The molecule has 1 fully saturated rings. The van der Waals surface area contributed by atoms with Gasteiger partial charge in [0.25, 0.3) is 11.8 Å². The van der Waals surface area contributed by atoms with Gasteiger partial charge >= 0.3 is 0 Å². The molecular weight excluding hydrogens is 370 g/mol. The van der Waals surface area contributed by atoms with E-state index < -0.39 is 0 Å². The number of benzene rings is 2. The van der Waals surface area contributed by atoms with Gasteiger partial charge in [0.15, 0.2) is 0 Å². The maximum Gasteiger partial charge on any atom is 0.255 e. The third-order valence-electron chi connectivity index (χ3n) is 4.79. The topological polar surface area (TPSA) is 79.9 Å². The normalized spacial score (nSPS) is 14.2. The quantitative estimate of drug-likeness (QED) is 0.669. The second-order valence-corrected chi connectivity index (χ2v) is 6.80. The Kier molecular flexibility index (Phi) is 7.61. The summed E-state index contributed by atoms with van der Waals surface area (Å²) >= 11 is 0. The highest BCUT2D eigenvalue weighted by Crippen LogP contribution is 2.18. The maximum absolute atomic E-state index is 12.6. The third-order valence-corrected chi connectivity index (χ3v) is 4.79. The van der Waals surface area contributed by atoms with Crippen molar-refractivity contribution in [2.45, 2.75) is 6.42 Å². The first-order valence-electron chi connectivity index (χ1n) is 9.80. The fourth-order valence-electron chi connectivity index (χ4n) is 3.17. The number of amides is 2. The van der Waals surface area contributed by atoms with Crippen molar-refractivity contribution < 1.29 is 19.1 Å². The highest BCUT2D eigenvalue weighted by atomic mass is 16.5. The number of para-hydroxylation sites is 1. The van der Waals surface area contributed by atoms with Crippen LogP contribution in [0.1, 0.15) is 27.1 Å². The number of morpholine rings is 1. The first-order chi connectivity index (χ1) is 14.2. The number of carbonyl (C=O) groups excluding carboxylic acids is 2. The number of carbonyl (C=O) groups is 2. The highest BCUT2D eigenvalue weighted by molar-refractivity contribution is 6.09. The van der Waals surface area contributed by atoms with Crippen molar-refractivity contribution in [3.8, 4) is 5.75 Å². The smallest absolute Gasteiger partial charge is 0.255 e. The van der Waals surface area contributed by atoms with E-state index >= 15 is 0 Å². The van der Waals surface area contributed by atoms with Crippen molar-refractivity contribution in [3.05, 3.63) is 59.7 Å². The molecular formula is C22H27N3O4. The van der Waals surface area contributed by atoms with Crippen LogP contribution in [-0.4, -0.2) is 63.2 Å². The van der Waals surface area contributed by atoms with Gasteiger partial charge in [0.2, 0.25) is 0 Å². The van der Waals surface area contributed by atoms with Crippen molar-refractivity contribution in [2.24, 2.45) is 0 Å². The van der Waals surface area contributed by atoms with Gasteiger partial charge in [0.05, 0.1) is 31.6 Å². The number of rotatable bonds is 8. The summed E-state index contributed by atoms with van der Waals surface area (Å²) in [6.07, 6.45) is 0.865. The number of nitrogens with one attached hydrogen (secondary N) is 2. The minimum absolute atomic E-state index is 0.200. The number of methoxy groups -OCH3 is 1. The Balaban J connectivity index is 1.56. The molecule has 0 bridgehead atoms. The van der Waals surface area contributed by atoms with E-state index in [-0.39, 0.29) is 11.8 Å². The van der Waals surface area contributed by atoms with Gasteiger partial charge in [-0.05, 0) is 43.3 Å². The van der Waals surface area contributed by atoms with Crippen LogP contribution < -0.4 is 15.4 Å². The Bertz CT molecular complexity index is 834. The standard InChI is InChI=1S/C22H27N3O4/c1-28-18-7-4-6-17(16-18)21(26)24-20-9-3-2-8-19(20)22(27)23-10-5-11-25-12-14-29-15-13-25/h2-4,6-9,16H,5,10-15H2,1H3,(H,23,27)(H,24,26). The number of ether oxygens (including phenoxy) is 2. The second kappa shape index (κ2) is 10.6. The van der Waals surface area contributed by atoms with Gasteiger partial charge in [-0.15, -0.1) is 0 Å². The second-order valence-electron chi connectivity index (χ2n) is 6.80. The molecule has 154 valence electrons. The van der Waals surface area contributed by atoms with E-state index in [4.69, 9.17) is 9.47 Å². The molecule has 1 aliphatic heterocycles. The lowest BCUT2D eigenvalue weighted by atomic mass is 10.1. The predicted octanol–water partition coefficient (Wildman–Crippen LogP) is 2.40. The first-order valence-corrected chi connectivity index (χ1v) is 9.80.